The second kappa shape index (κ2) is 9.85. The van der Waals surface area contributed by atoms with Gasteiger partial charge in [-0.1, -0.05) is 57.4 Å². The van der Waals surface area contributed by atoms with E-state index >= 15 is 0 Å². The van der Waals surface area contributed by atoms with Crippen LogP contribution in [-0.2, 0) is 15.5 Å². The highest BCUT2D eigenvalue weighted by molar-refractivity contribution is 7.48. The standard InChI is InChI=1S/C17H26O2P/c1-4-7-11-15(6-3)14-19-20(18)17-13-9-8-12-16(17)10-5-2/h5,8-9,12-13,15H,2,4,6-7,10-11,14H2,1,3H3/q+1. The van der Waals surface area contributed by atoms with Crippen LogP contribution < -0.4 is 5.30 Å². The fraction of sp³-hybridized carbons (Fsp3) is 0.529. The summed E-state index contributed by atoms with van der Waals surface area (Å²) in [4.78, 5) is 0. The molecule has 2 atom stereocenters. The van der Waals surface area contributed by atoms with Crippen LogP contribution in [0.2, 0.25) is 0 Å². The van der Waals surface area contributed by atoms with Gasteiger partial charge in [-0.2, -0.15) is 0 Å². The second-order valence-corrected chi connectivity index (χ2v) is 6.35. The van der Waals surface area contributed by atoms with Crippen molar-refractivity contribution in [1.29, 1.82) is 0 Å². The van der Waals surface area contributed by atoms with E-state index in [-0.39, 0.29) is 0 Å². The maximum absolute atomic E-state index is 12.3. The van der Waals surface area contributed by atoms with E-state index in [9.17, 15) is 4.57 Å². The van der Waals surface area contributed by atoms with E-state index < -0.39 is 8.03 Å². The smallest absolute Gasteiger partial charge is 0.141 e. The van der Waals surface area contributed by atoms with Gasteiger partial charge in [0.15, 0.2) is 0 Å². The fourth-order valence-electron chi connectivity index (χ4n) is 2.16. The molecule has 0 heterocycles. The molecule has 0 radical (unpaired) electrons. The normalized spacial score (nSPS) is 13.0. The summed E-state index contributed by atoms with van der Waals surface area (Å²) in [5, 5.41) is 0.813. The van der Waals surface area contributed by atoms with Crippen molar-refractivity contribution >= 4 is 13.3 Å². The molecule has 0 amide bonds. The van der Waals surface area contributed by atoms with Crippen LogP contribution in [0.1, 0.15) is 45.1 Å². The number of allylic oxidation sites excluding steroid dienone is 1. The molecular formula is C17H26O2P+. The largest absolute Gasteiger partial charge is 0.549 e. The molecule has 3 heteroatoms. The molecule has 0 N–H and O–H groups in total. The summed E-state index contributed by atoms with van der Waals surface area (Å²) in [6, 6.07) is 7.75. The van der Waals surface area contributed by atoms with Crippen molar-refractivity contribution in [2.75, 3.05) is 6.61 Å². The first-order valence-electron chi connectivity index (χ1n) is 7.51. The van der Waals surface area contributed by atoms with E-state index in [1.54, 1.807) is 0 Å². The Morgan fingerprint density at radius 2 is 2.10 bits per heavy atom. The summed E-state index contributed by atoms with van der Waals surface area (Å²) in [5.41, 5.74) is 1.05. The zero-order chi connectivity index (χ0) is 14.8. The van der Waals surface area contributed by atoms with E-state index in [2.05, 4.69) is 20.4 Å². The predicted molar refractivity (Wildman–Crippen MR) is 86.8 cm³/mol. The Balaban J connectivity index is 2.59. The number of hydrogen-bond acceptors (Lipinski definition) is 2. The average molecular weight is 293 g/mol. The molecule has 0 saturated carbocycles. The molecule has 20 heavy (non-hydrogen) atoms. The van der Waals surface area contributed by atoms with Gasteiger partial charge in [0.25, 0.3) is 0 Å². The molecule has 0 aliphatic rings. The number of benzene rings is 1. The van der Waals surface area contributed by atoms with E-state index in [1.165, 1.54) is 12.8 Å². The van der Waals surface area contributed by atoms with Crippen LogP contribution in [0, 0.1) is 5.92 Å². The van der Waals surface area contributed by atoms with Gasteiger partial charge in [-0.3, -0.25) is 0 Å². The first-order chi connectivity index (χ1) is 9.72. The average Bonchev–Trinajstić information content (AvgIpc) is 2.48. The molecule has 0 aliphatic heterocycles. The lowest BCUT2D eigenvalue weighted by Crippen LogP contribution is -2.10. The van der Waals surface area contributed by atoms with E-state index in [4.69, 9.17) is 4.52 Å². The van der Waals surface area contributed by atoms with Crippen LogP contribution >= 0.6 is 8.03 Å². The van der Waals surface area contributed by atoms with Crippen molar-refractivity contribution in [3.63, 3.8) is 0 Å². The first-order valence-corrected chi connectivity index (χ1v) is 8.69. The van der Waals surface area contributed by atoms with Crippen molar-refractivity contribution in [2.24, 2.45) is 5.92 Å². The van der Waals surface area contributed by atoms with Gasteiger partial charge in [-0.15, -0.1) is 11.1 Å². The van der Waals surface area contributed by atoms with Crippen molar-refractivity contribution < 1.29 is 9.09 Å². The molecule has 1 aromatic carbocycles. The molecule has 0 aliphatic carbocycles. The minimum Gasteiger partial charge on any atom is -0.141 e. The summed E-state index contributed by atoms with van der Waals surface area (Å²) < 4.78 is 18.0. The van der Waals surface area contributed by atoms with Gasteiger partial charge < -0.3 is 0 Å². The SMILES string of the molecule is C=CCc1ccccc1[P+](=O)OCC(CC)CCCC. The highest BCUT2D eigenvalue weighted by Crippen LogP contribution is 2.26. The van der Waals surface area contributed by atoms with Gasteiger partial charge in [-0.05, 0) is 29.4 Å². The molecule has 0 bridgehead atoms. The second-order valence-electron chi connectivity index (χ2n) is 5.09. The molecule has 110 valence electrons. The Bertz CT molecular complexity index is 429. The van der Waals surface area contributed by atoms with Crippen LogP contribution in [0.25, 0.3) is 0 Å². The van der Waals surface area contributed by atoms with E-state index in [0.717, 1.165) is 30.1 Å². The topological polar surface area (TPSA) is 26.3 Å². The molecule has 0 fully saturated rings. The molecule has 1 rings (SSSR count). The third-order valence-electron chi connectivity index (χ3n) is 3.52. The van der Waals surface area contributed by atoms with Crippen LogP contribution in [0.3, 0.4) is 0 Å². The molecule has 2 nitrogen and oxygen atoms in total. The van der Waals surface area contributed by atoms with Gasteiger partial charge in [0.05, 0.1) is 0 Å². The minimum absolute atomic E-state index is 0.514. The summed E-state index contributed by atoms with van der Waals surface area (Å²) in [5.74, 6) is 0.514. The Hall–Kier alpha value is -0.980. The highest BCUT2D eigenvalue weighted by Gasteiger charge is 2.26. The Kier molecular flexibility index (Phi) is 8.41. The monoisotopic (exact) mass is 293 g/mol. The summed E-state index contributed by atoms with van der Waals surface area (Å²) >= 11 is 0. The molecule has 0 spiro atoms. The van der Waals surface area contributed by atoms with Crippen LogP contribution in [-0.4, -0.2) is 6.61 Å². The van der Waals surface area contributed by atoms with Gasteiger partial charge in [0, 0.05) is 5.56 Å². The predicted octanol–water partition coefficient (Wildman–Crippen LogP) is 5.02. The third-order valence-corrected chi connectivity index (χ3v) is 4.74. The summed E-state index contributed by atoms with van der Waals surface area (Å²) in [7, 11) is -1.76. The Morgan fingerprint density at radius 1 is 1.35 bits per heavy atom. The molecule has 2 unspecified atom stereocenters. The van der Waals surface area contributed by atoms with Crippen LogP contribution in [0.15, 0.2) is 36.9 Å². The minimum atomic E-state index is -1.76. The maximum Gasteiger partial charge on any atom is 0.549 e. The zero-order valence-electron chi connectivity index (χ0n) is 12.7. The lowest BCUT2D eigenvalue weighted by molar-refractivity contribution is 0.247. The van der Waals surface area contributed by atoms with Crippen LogP contribution in [0.4, 0.5) is 0 Å². The van der Waals surface area contributed by atoms with E-state index in [1.807, 2.05) is 30.3 Å². The van der Waals surface area contributed by atoms with Crippen molar-refractivity contribution in [3.05, 3.63) is 42.5 Å². The zero-order valence-corrected chi connectivity index (χ0v) is 13.6. The summed E-state index contributed by atoms with van der Waals surface area (Å²) in [6.45, 7) is 8.70. The lowest BCUT2D eigenvalue weighted by atomic mass is 10.0. The first kappa shape index (κ1) is 17.1. The van der Waals surface area contributed by atoms with Crippen molar-refractivity contribution in [3.8, 4) is 0 Å². The van der Waals surface area contributed by atoms with Crippen molar-refractivity contribution in [2.45, 2.75) is 46.0 Å². The molecule has 0 saturated heterocycles. The molecule has 1 aromatic rings. The Labute approximate surface area is 124 Å². The van der Waals surface area contributed by atoms with Crippen LogP contribution in [0.5, 0.6) is 0 Å². The third kappa shape index (κ3) is 5.56. The van der Waals surface area contributed by atoms with Gasteiger partial charge >= 0.3 is 8.03 Å². The maximum atomic E-state index is 12.3. The number of hydrogen-bond donors (Lipinski definition) is 0. The van der Waals surface area contributed by atoms with Gasteiger partial charge in [-0.25, -0.2) is 0 Å². The molecule has 0 aromatic heterocycles. The van der Waals surface area contributed by atoms with E-state index in [0.29, 0.717) is 12.5 Å². The lowest BCUT2D eigenvalue weighted by Gasteiger charge is -2.10. The fourth-order valence-corrected chi connectivity index (χ4v) is 3.25. The number of unbranched alkanes of at least 4 members (excludes halogenated alkanes) is 1. The quantitative estimate of drug-likeness (QED) is 0.447. The highest BCUT2D eigenvalue weighted by atomic mass is 31.1. The van der Waals surface area contributed by atoms with Gasteiger partial charge in [0.1, 0.15) is 6.61 Å². The Morgan fingerprint density at radius 3 is 2.75 bits per heavy atom. The summed E-state index contributed by atoms with van der Waals surface area (Å²) in [6.07, 6.45) is 7.21. The number of rotatable bonds is 10. The molecular weight excluding hydrogens is 267 g/mol. The van der Waals surface area contributed by atoms with Gasteiger partial charge in [0.2, 0.25) is 5.30 Å². The van der Waals surface area contributed by atoms with Crippen molar-refractivity contribution in [1.82, 2.24) is 0 Å².